The van der Waals surface area contributed by atoms with Gasteiger partial charge in [-0.15, -0.1) is 0 Å². The van der Waals surface area contributed by atoms with E-state index in [1.54, 1.807) is 5.56 Å². The molecule has 0 radical (unpaired) electrons. The molecule has 0 saturated carbocycles. The maximum atomic E-state index is 2.60. The molecule has 1 atom stereocenters. The quantitative estimate of drug-likeness (QED) is 0.631. The van der Waals surface area contributed by atoms with E-state index in [9.17, 15) is 0 Å². The summed E-state index contributed by atoms with van der Waals surface area (Å²) in [5.74, 6) is 0. The maximum absolute atomic E-state index is 2.60. The molecule has 0 N–H and O–H groups in total. The van der Waals surface area contributed by atoms with Gasteiger partial charge in [0.25, 0.3) is 0 Å². The second kappa shape index (κ2) is 6.99. The van der Waals surface area contributed by atoms with Crippen LogP contribution in [0, 0.1) is 13.8 Å². The van der Waals surface area contributed by atoms with Gasteiger partial charge >= 0.3 is 121 Å². The first-order valence-corrected chi connectivity index (χ1v) is 14.9. The molecule has 0 nitrogen and oxygen atoms in total. The molecule has 0 amide bonds. The Hall–Kier alpha value is -0.0969. The van der Waals surface area contributed by atoms with Crippen LogP contribution < -0.4 is 24.8 Å². The molecule has 3 rings (SSSR count). The normalized spacial score (nSPS) is 19.3. The van der Waals surface area contributed by atoms with Gasteiger partial charge in [-0.3, -0.25) is 0 Å². The molecule has 21 heavy (non-hydrogen) atoms. The van der Waals surface area contributed by atoms with Crippen molar-refractivity contribution in [2.45, 2.75) is 30.4 Å². The van der Waals surface area contributed by atoms with Crippen molar-refractivity contribution in [3.63, 3.8) is 0 Å². The van der Waals surface area contributed by atoms with Gasteiger partial charge in [-0.25, -0.2) is 0 Å². The zero-order valence-corrected chi connectivity index (χ0v) is 17.0. The molecule has 0 aromatic heterocycles. The molecular weight excluding hydrogens is 378 g/mol. The summed E-state index contributed by atoms with van der Waals surface area (Å²) in [6.07, 6.45) is 14.2. The fourth-order valence-electron chi connectivity index (χ4n) is 3.53. The van der Waals surface area contributed by atoms with Crippen molar-refractivity contribution in [3.05, 3.63) is 64.8 Å². The van der Waals surface area contributed by atoms with Gasteiger partial charge in [0, 0.05) is 0 Å². The number of fused-ring (bicyclic) bond motifs is 1. The third-order valence-corrected chi connectivity index (χ3v) is 15.2. The van der Waals surface area contributed by atoms with Gasteiger partial charge in [-0.1, -0.05) is 0 Å². The van der Waals surface area contributed by atoms with Crippen LogP contribution in [-0.2, 0) is 20.3 Å². The molecule has 0 fully saturated rings. The number of benzene rings is 1. The molecule has 0 heterocycles. The number of rotatable bonds is 2. The molecule has 1 aromatic carbocycles. The summed E-state index contributed by atoms with van der Waals surface area (Å²) in [6, 6.07) is 4.56. The predicted molar refractivity (Wildman–Crippen MR) is 81.4 cm³/mol. The van der Waals surface area contributed by atoms with Crippen molar-refractivity contribution in [3.8, 4) is 0 Å². The Morgan fingerprint density at radius 1 is 0.857 bits per heavy atom. The molecule has 1 unspecified atom stereocenters. The van der Waals surface area contributed by atoms with E-state index in [1.165, 1.54) is 16.7 Å². The summed E-state index contributed by atoms with van der Waals surface area (Å²) >= 11 is -2.24. The Balaban J connectivity index is 0.00000110. The van der Waals surface area contributed by atoms with E-state index in [-0.39, 0.29) is 24.8 Å². The van der Waals surface area contributed by atoms with Gasteiger partial charge in [0.2, 0.25) is 0 Å². The summed E-state index contributed by atoms with van der Waals surface area (Å²) in [7, 11) is 0. The van der Waals surface area contributed by atoms with E-state index in [4.69, 9.17) is 0 Å². The average molecular weight is 401 g/mol. The smallest absolute Gasteiger partial charge is 1.00 e. The van der Waals surface area contributed by atoms with Gasteiger partial charge in [-0.2, -0.15) is 0 Å². The van der Waals surface area contributed by atoms with E-state index in [1.807, 2.05) is 0 Å². The second-order valence-corrected chi connectivity index (χ2v) is 18.6. The van der Waals surface area contributed by atoms with Gasteiger partial charge in [0.05, 0.1) is 0 Å². The minimum Gasteiger partial charge on any atom is -1.00 e. The van der Waals surface area contributed by atoms with Crippen molar-refractivity contribution in [1.29, 1.82) is 0 Å². The number of hydrogen-bond donors (Lipinski definition) is 0. The zero-order valence-electron chi connectivity index (χ0n) is 13.0. The van der Waals surface area contributed by atoms with E-state index in [0.29, 0.717) is 0 Å². The van der Waals surface area contributed by atoms with Gasteiger partial charge in [0.15, 0.2) is 0 Å². The summed E-state index contributed by atoms with van der Waals surface area (Å²) in [4.78, 5) is 0. The summed E-state index contributed by atoms with van der Waals surface area (Å²) in [5, 5.41) is 0. The maximum Gasteiger partial charge on any atom is -1.00 e. The Kier molecular flexibility index (Phi) is 6.31. The monoisotopic (exact) mass is 398 g/mol. The van der Waals surface area contributed by atoms with Gasteiger partial charge < -0.3 is 24.8 Å². The molecular formula is C18H22Cl2Zr-2. The molecule has 0 aliphatic heterocycles. The Labute approximate surface area is 145 Å². The van der Waals surface area contributed by atoms with Crippen LogP contribution >= 0.6 is 0 Å². The molecule has 0 saturated heterocycles. The third kappa shape index (κ3) is 3.16. The fourth-order valence-corrected chi connectivity index (χ4v) is 11.8. The van der Waals surface area contributed by atoms with E-state index in [2.05, 4.69) is 71.7 Å². The summed E-state index contributed by atoms with van der Waals surface area (Å²) in [6.45, 7) is 4.52. The zero-order chi connectivity index (χ0) is 13.6. The number of aryl methyl sites for hydroxylation is 2. The number of hydrogen-bond acceptors (Lipinski definition) is 0. The first-order chi connectivity index (χ1) is 9.01. The predicted octanol–water partition coefficient (Wildman–Crippen LogP) is -0.456. The third-order valence-electron chi connectivity index (χ3n) is 4.90. The molecule has 1 aromatic rings. The van der Waals surface area contributed by atoms with E-state index >= 15 is 0 Å². The Morgan fingerprint density at radius 3 is 2.05 bits per heavy atom. The van der Waals surface area contributed by atoms with Crippen molar-refractivity contribution in [1.82, 2.24) is 0 Å². The molecule has 2 aliphatic rings. The van der Waals surface area contributed by atoms with Crippen LogP contribution in [0.25, 0.3) is 6.08 Å². The van der Waals surface area contributed by atoms with E-state index < -0.39 is 20.3 Å². The topological polar surface area (TPSA) is 0 Å². The number of allylic oxidation sites excluding steroid dienone is 5. The van der Waals surface area contributed by atoms with Crippen LogP contribution in [0.5, 0.6) is 0 Å². The van der Waals surface area contributed by atoms with Crippen LogP contribution in [0.1, 0.15) is 25.9 Å². The van der Waals surface area contributed by atoms with E-state index in [0.717, 1.165) is 7.25 Å². The van der Waals surface area contributed by atoms with Gasteiger partial charge in [-0.05, 0) is 0 Å². The van der Waals surface area contributed by atoms with Gasteiger partial charge in [0.1, 0.15) is 0 Å². The molecule has 0 bridgehead atoms. The van der Waals surface area contributed by atoms with Crippen molar-refractivity contribution >= 4 is 6.08 Å². The largest absolute Gasteiger partial charge is 1.00 e. The van der Waals surface area contributed by atoms with Crippen molar-refractivity contribution in [2.75, 3.05) is 0 Å². The van der Waals surface area contributed by atoms with Crippen molar-refractivity contribution in [2.24, 2.45) is 0 Å². The minimum absolute atomic E-state index is 0. The average Bonchev–Trinajstić information content (AvgIpc) is 3.02. The fraction of sp³-hybridized carbons (Fsp3) is 0.333. The Morgan fingerprint density at radius 2 is 1.43 bits per heavy atom. The van der Waals surface area contributed by atoms with Crippen LogP contribution in [0.15, 0.2) is 42.5 Å². The first-order valence-electron chi connectivity index (χ1n) is 7.15. The molecule has 2 aliphatic carbocycles. The standard InChI is InChI=1S/C11H11.C5H5.2CH3.2ClH.Zr/c1-8-6-7-9(2)11-5-3-4-10(8)11;1-2-4-5-3-1;;;;;/h3-7H,1-2H3;1-5H;2*1H3;2*1H;/p-2. The van der Waals surface area contributed by atoms with Crippen LogP contribution in [-0.4, -0.2) is 0 Å². The molecule has 3 heteroatoms. The molecule has 0 spiro atoms. The second-order valence-electron chi connectivity index (χ2n) is 6.48. The molecule has 114 valence electrons. The minimum atomic E-state index is -2.24. The van der Waals surface area contributed by atoms with Crippen LogP contribution in [0.2, 0.25) is 12.9 Å². The SMILES string of the molecule is Cc1ccc(C)c2c1C=C[CH]2[Zr]([CH3])([CH3])[CH]1C=CC=C1.[Cl-].[Cl-]. The van der Waals surface area contributed by atoms with Crippen LogP contribution in [0.4, 0.5) is 0 Å². The Bertz CT molecular complexity index is 600. The summed E-state index contributed by atoms with van der Waals surface area (Å²) in [5.41, 5.74) is 6.04. The van der Waals surface area contributed by atoms with Crippen molar-refractivity contribution < 1.29 is 45.1 Å². The first kappa shape index (κ1) is 19.0. The van der Waals surface area contributed by atoms with Crippen LogP contribution in [0.3, 0.4) is 0 Å². The number of halogens is 2. The summed E-state index contributed by atoms with van der Waals surface area (Å²) < 4.78 is 6.67.